The van der Waals surface area contributed by atoms with E-state index in [1.54, 1.807) is 5.06 Å². The van der Waals surface area contributed by atoms with Crippen LogP contribution in [0.15, 0.2) is 54.6 Å². The molecule has 2 aliphatic heterocycles. The van der Waals surface area contributed by atoms with Gasteiger partial charge in [-0.25, -0.2) is 9.96 Å². The fourth-order valence-corrected chi connectivity index (χ4v) is 3.99. The van der Waals surface area contributed by atoms with Gasteiger partial charge in [0, 0.05) is 0 Å². The lowest BCUT2D eigenvalue weighted by Gasteiger charge is -2.28. The van der Waals surface area contributed by atoms with Gasteiger partial charge >= 0.3 is 6.18 Å². The molecule has 0 bridgehead atoms. The van der Waals surface area contributed by atoms with Crippen molar-refractivity contribution in [3.05, 3.63) is 60.2 Å². The van der Waals surface area contributed by atoms with E-state index < -0.39 is 35.6 Å². The molecule has 2 amide bonds. The van der Waals surface area contributed by atoms with Crippen LogP contribution in [0.5, 0.6) is 0 Å². The minimum Gasteiger partial charge on any atom is -0.273 e. The third kappa shape index (κ3) is 3.27. The van der Waals surface area contributed by atoms with Crippen LogP contribution in [0.2, 0.25) is 0 Å². The lowest BCUT2D eigenvalue weighted by Crippen LogP contribution is -2.40. The maximum absolute atomic E-state index is 13.1. The number of anilines is 2. The fraction of sp³-hybridized carbons (Fsp3) is 0.333. The molecule has 2 fully saturated rings. The number of carbonyl (C=O) groups is 2. The first-order chi connectivity index (χ1) is 13.8. The Hall–Kier alpha value is -2.87. The van der Waals surface area contributed by atoms with Gasteiger partial charge in [0.15, 0.2) is 6.10 Å². The quantitative estimate of drug-likeness (QED) is 0.718. The van der Waals surface area contributed by atoms with E-state index in [-0.39, 0.29) is 11.7 Å². The maximum Gasteiger partial charge on any atom is 0.416 e. The topological polar surface area (TPSA) is 49.9 Å². The van der Waals surface area contributed by atoms with Gasteiger partial charge < -0.3 is 0 Å². The first-order valence-corrected chi connectivity index (χ1v) is 9.39. The number of alkyl halides is 3. The zero-order chi connectivity index (χ0) is 20.8. The number of para-hydroxylation sites is 1. The predicted molar refractivity (Wildman–Crippen MR) is 99.9 cm³/mol. The Morgan fingerprint density at radius 2 is 1.66 bits per heavy atom. The SMILES string of the molecule is CCC[C@H]1[C@H]2C(=O)N(c3cccc(C(F)(F)F)c3)C(=O)[C@@H]2ON1c1ccccc1. The fourth-order valence-electron chi connectivity index (χ4n) is 3.99. The molecule has 2 saturated heterocycles. The van der Waals surface area contributed by atoms with E-state index in [0.29, 0.717) is 6.42 Å². The normalized spacial score (nSPS) is 24.3. The summed E-state index contributed by atoms with van der Waals surface area (Å²) in [6.45, 7) is 1.96. The van der Waals surface area contributed by atoms with Crippen LogP contribution in [0.3, 0.4) is 0 Å². The van der Waals surface area contributed by atoms with Crippen LogP contribution in [-0.2, 0) is 20.6 Å². The minimum absolute atomic E-state index is 0.0886. The van der Waals surface area contributed by atoms with E-state index in [0.717, 1.165) is 29.1 Å². The van der Waals surface area contributed by atoms with Crippen molar-refractivity contribution in [1.82, 2.24) is 0 Å². The summed E-state index contributed by atoms with van der Waals surface area (Å²) in [7, 11) is 0. The zero-order valence-electron chi connectivity index (χ0n) is 15.6. The summed E-state index contributed by atoms with van der Waals surface area (Å²) in [5, 5.41) is 1.60. The first kappa shape index (κ1) is 19.4. The molecular weight excluding hydrogens is 385 g/mol. The molecule has 0 N–H and O–H groups in total. The second kappa shape index (κ2) is 7.18. The number of halogens is 3. The molecule has 2 aromatic carbocycles. The van der Waals surface area contributed by atoms with E-state index in [1.165, 1.54) is 12.1 Å². The van der Waals surface area contributed by atoms with Gasteiger partial charge in [0.1, 0.15) is 0 Å². The summed E-state index contributed by atoms with van der Waals surface area (Å²) in [6.07, 6.45) is -4.26. The van der Waals surface area contributed by atoms with Crippen LogP contribution < -0.4 is 9.96 Å². The van der Waals surface area contributed by atoms with Gasteiger partial charge in [-0.3, -0.25) is 14.4 Å². The number of carbonyl (C=O) groups excluding carboxylic acids is 2. The van der Waals surface area contributed by atoms with Crippen LogP contribution in [0.25, 0.3) is 0 Å². The molecule has 5 nitrogen and oxygen atoms in total. The van der Waals surface area contributed by atoms with Gasteiger partial charge in [-0.05, 0) is 36.8 Å². The monoisotopic (exact) mass is 404 g/mol. The van der Waals surface area contributed by atoms with Gasteiger partial charge in [-0.2, -0.15) is 13.2 Å². The van der Waals surface area contributed by atoms with Crippen molar-refractivity contribution in [2.75, 3.05) is 9.96 Å². The molecular formula is C21H19F3N2O3. The molecule has 0 saturated carbocycles. The summed E-state index contributed by atoms with van der Waals surface area (Å²) < 4.78 is 39.2. The Morgan fingerprint density at radius 3 is 2.31 bits per heavy atom. The summed E-state index contributed by atoms with van der Waals surface area (Å²) in [6, 6.07) is 13.0. The lowest BCUT2D eigenvalue weighted by atomic mass is 9.93. The Kier molecular flexibility index (Phi) is 4.82. The highest BCUT2D eigenvalue weighted by atomic mass is 19.4. The third-order valence-corrected chi connectivity index (χ3v) is 5.27. The van der Waals surface area contributed by atoms with Crippen molar-refractivity contribution < 1.29 is 27.6 Å². The second-order valence-corrected chi connectivity index (χ2v) is 7.13. The van der Waals surface area contributed by atoms with Gasteiger partial charge in [-0.1, -0.05) is 37.6 Å². The molecule has 29 heavy (non-hydrogen) atoms. The molecule has 0 unspecified atom stereocenters. The van der Waals surface area contributed by atoms with Crippen molar-refractivity contribution in [3.8, 4) is 0 Å². The average Bonchev–Trinajstić information content (AvgIpc) is 3.18. The molecule has 0 radical (unpaired) electrons. The molecule has 3 atom stereocenters. The number of fused-ring (bicyclic) bond motifs is 1. The highest BCUT2D eigenvalue weighted by Crippen LogP contribution is 2.42. The van der Waals surface area contributed by atoms with Crippen molar-refractivity contribution in [3.63, 3.8) is 0 Å². The molecule has 0 spiro atoms. The lowest BCUT2D eigenvalue weighted by molar-refractivity contribution is -0.137. The standard InChI is InChI=1S/C21H19F3N2O3/c1-2-7-16-17-18(29-26(16)14-9-4-3-5-10-14)20(28)25(19(17)27)15-11-6-8-13(12-15)21(22,23)24/h3-6,8-12,16-18H,2,7H2,1H3/t16-,17+,18+/m0/s1. The number of hydrogen-bond acceptors (Lipinski definition) is 4. The third-order valence-electron chi connectivity index (χ3n) is 5.27. The molecule has 0 aromatic heterocycles. The Morgan fingerprint density at radius 1 is 0.966 bits per heavy atom. The summed E-state index contributed by atoms with van der Waals surface area (Å²) in [5.74, 6) is -1.94. The van der Waals surface area contributed by atoms with E-state index in [4.69, 9.17) is 4.84 Å². The number of amides is 2. The molecule has 2 aliphatic rings. The van der Waals surface area contributed by atoms with Crippen LogP contribution >= 0.6 is 0 Å². The largest absolute Gasteiger partial charge is 0.416 e. The van der Waals surface area contributed by atoms with Crippen LogP contribution in [0, 0.1) is 5.92 Å². The smallest absolute Gasteiger partial charge is 0.273 e. The van der Waals surface area contributed by atoms with Crippen molar-refractivity contribution in [1.29, 1.82) is 0 Å². The highest BCUT2D eigenvalue weighted by Gasteiger charge is 2.59. The average molecular weight is 404 g/mol. The van der Waals surface area contributed by atoms with Crippen LogP contribution in [0.4, 0.5) is 24.5 Å². The number of rotatable bonds is 4. The maximum atomic E-state index is 13.1. The van der Waals surface area contributed by atoms with Gasteiger partial charge in [-0.15, -0.1) is 0 Å². The number of nitrogens with zero attached hydrogens (tertiary/aromatic N) is 2. The minimum atomic E-state index is -4.57. The summed E-state index contributed by atoms with van der Waals surface area (Å²) in [4.78, 5) is 32.8. The molecule has 2 heterocycles. The predicted octanol–water partition coefficient (Wildman–Crippen LogP) is 4.18. The Bertz CT molecular complexity index is 932. The summed E-state index contributed by atoms with van der Waals surface area (Å²) in [5.41, 5.74) is -0.273. The van der Waals surface area contributed by atoms with E-state index in [1.807, 2.05) is 37.3 Å². The number of hydroxylamine groups is 1. The van der Waals surface area contributed by atoms with E-state index >= 15 is 0 Å². The van der Waals surface area contributed by atoms with Gasteiger partial charge in [0.25, 0.3) is 5.91 Å². The zero-order valence-corrected chi connectivity index (χ0v) is 15.6. The number of hydrogen-bond donors (Lipinski definition) is 0. The Balaban J connectivity index is 1.68. The van der Waals surface area contributed by atoms with Crippen LogP contribution in [-0.4, -0.2) is 24.0 Å². The van der Waals surface area contributed by atoms with Gasteiger partial charge in [0.2, 0.25) is 5.91 Å². The second-order valence-electron chi connectivity index (χ2n) is 7.13. The van der Waals surface area contributed by atoms with E-state index in [9.17, 15) is 22.8 Å². The number of benzene rings is 2. The Labute approximate surface area is 165 Å². The molecule has 0 aliphatic carbocycles. The van der Waals surface area contributed by atoms with E-state index in [2.05, 4.69) is 0 Å². The molecule has 8 heteroatoms. The van der Waals surface area contributed by atoms with Gasteiger partial charge in [0.05, 0.1) is 28.9 Å². The summed E-state index contributed by atoms with van der Waals surface area (Å²) >= 11 is 0. The molecule has 152 valence electrons. The van der Waals surface area contributed by atoms with Crippen molar-refractivity contribution in [2.24, 2.45) is 5.92 Å². The van der Waals surface area contributed by atoms with Crippen LogP contribution in [0.1, 0.15) is 25.3 Å². The van der Waals surface area contributed by atoms with Crippen molar-refractivity contribution >= 4 is 23.2 Å². The molecule has 2 aromatic rings. The van der Waals surface area contributed by atoms with Crippen molar-refractivity contribution in [2.45, 2.75) is 38.1 Å². The molecule has 4 rings (SSSR count). The highest BCUT2D eigenvalue weighted by molar-refractivity contribution is 6.23. The number of imide groups is 1. The first-order valence-electron chi connectivity index (χ1n) is 9.39.